The molecule has 0 bridgehead atoms. The Bertz CT molecular complexity index is 412. The first-order valence-electron chi connectivity index (χ1n) is 8.23. The van der Waals surface area contributed by atoms with Crippen LogP contribution in [-0.2, 0) is 4.79 Å². The van der Waals surface area contributed by atoms with Gasteiger partial charge >= 0.3 is 19.3 Å². The maximum atomic E-state index is 12.6. The first-order chi connectivity index (χ1) is 11.0. The van der Waals surface area contributed by atoms with E-state index in [1.807, 2.05) is 0 Å². The molecule has 140 valence electrons. The number of likely N-dealkylation sites (tertiary alicyclic amines) is 1. The minimum absolute atomic E-state index is 0.0678. The number of carboxylic acids is 1. The van der Waals surface area contributed by atoms with Crippen molar-refractivity contribution in [2.75, 3.05) is 13.1 Å². The van der Waals surface area contributed by atoms with Crippen LogP contribution in [0.2, 0.25) is 6.32 Å². The molecule has 0 saturated carbocycles. The van der Waals surface area contributed by atoms with Crippen molar-refractivity contribution < 1.29 is 33.1 Å². The molecule has 1 rings (SSSR count). The second kappa shape index (κ2) is 9.03. The van der Waals surface area contributed by atoms with Gasteiger partial charge in [0.05, 0.1) is 6.42 Å². The molecule has 0 amide bonds. The molecule has 1 heterocycles. The fourth-order valence-electron chi connectivity index (χ4n) is 3.14. The third-order valence-electron chi connectivity index (χ3n) is 4.57. The molecule has 24 heavy (non-hydrogen) atoms. The molecule has 0 spiro atoms. The van der Waals surface area contributed by atoms with Gasteiger partial charge in [-0.25, -0.2) is 0 Å². The first-order valence-corrected chi connectivity index (χ1v) is 8.23. The lowest BCUT2D eigenvalue weighted by Gasteiger charge is -2.30. The van der Waals surface area contributed by atoms with E-state index in [4.69, 9.17) is 15.8 Å². The average Bonchev–Trinajstić information content (AvgIpc) is 2.86. The Labute approximate surface area is 140 Å². The highest BCUT2D eigenvalue weighted by Gasteiger charge is 2.39. The van der Waals surface area contributed by atoms with Crippen molar-refractivity contribution in [3.63, 3.8) is 0 Å². The SMILES string of the molecule is NC(CCCCB(O)O)(CCN1CCC[C@@H]1CC(F)(F)F)C(=O)O. The van der Waals surface area contributed by atoms with Crippen molar-refractivity contribution in [1.29, 1.82) is 0 Å². The summed E-state index contributed by atoms with van der Waals surface area (Å²) in [4.78, 5) is 13.1. The van der Waals surface area contributed by atoms with Crippen molar-refractivity contribution in [3.8, 4) is 0 Å². The summed E-state index contributed by atoms with van der Waals surface area (Å²) in [5.74, 6) is -1.18. The van der Waals surface area contributed by atoms with E-state index < -0.39 is 37.3 Å². The molecular weight excluding hydrogens is 328 g/mol. The van der Waals surface area contributed by atoms with Gasteiger partial charge in [0.1, 0.15) is 5.54 Å². The fourth-order valence-corrected chi connectivity index (χ4v) is 3.14. The summed E-state index contributed by atoms with van der Waals surface area (Å²) in [6, 6.07) is -0.604. The zero-order chi connectivity index (χ0) is 18.4. The summed E-state index contributed by atoms with van der Waals surface area (Å²) in [6.07, 6.45) is -2.81. The van der Waals surface area contributed by atoms with Crippen LogP contribution in [0.3, 0.4) is 0 Å². The number of hydrogen-bond donors (Lipinski definition) is 4. The highest BCUT2D eigenvalue weighted by molar-refractivity contribution is 6.40. The van der Waals surface area contributed by atoms with Gasteiger partial charge in [0.25, 0.3) is 0 Å². The number of aliphatic carboxylic acids is 1. The van der Waals surface area contributed by atoms with E-state index in [9.17, 15) is 23.1 Å². The van der Waals surface area contributed by atoms with Crippen LogP contribution >= 0.6 is 0 Å². The van der Waals surface area contributed by atoms with Crippen molar-refractivity contribution in [2.45, 2.75) is 69.0 Å². The summed E-state index contributed by atoms with van der Waals surface area (Å²) in [5, 5.41) is 26.9. The number of rotatable bonds is 10. The molecule has 0 radical (unpaired) electrons. The van der Waals surface area contributed by atoms with Gasteiger partial charge in [-0.2, -0.15) is 13.2 Å². The van der Waals surface area contributed by atoms with Crippen LogP contribution in [0.25, 0.3) is 0 Å². The van der Waals surface area contributed by atoms with Crippen LogP contribution in [0.15, 0.2) is 0 Å². The molecule has 1 saturated heterocycles. The summed E-state index contributed by atoms with van der Waals surface area (Å²) < 4.78 is 37.7. The van der Waals surface area contributed by atoms with Crippen LogP contribution in [0.1, 0.15) is 44.9 Å². The topological polar surface area (TPSA) is 107 Å². The van der Waals surface area contributed by atoms with Crippen molar-refractivity contribution in [2.24, 2.45) is 5.73 Å². The molecule has 0 aromatic heterocycles. The lowest BCUT2D eigenvalue weighted by atomic mass is 9.81. The largest absolute Gasteiger partial charge is 0.480 e. The average molecular weight is 354 g/mol. The van der Waals surface area contributed by atoms with Gasteiger partial charge in [0.2, 0.25) is 0 Å². The lowest BCUT2D eigenvalue weighted by molar-refractivity contribution is -0.148. The Morgan fingerprint density at radius 3 is 2.46 bits per heavy atom. The zero-order valence-corrected chi connectivity index (χ0v) is 13.6. The summed E-state index contributed by atoms with van der Waals surface area (Å²) >= 11 is 0. The molecular formula is C14H26BF3N2O4. The van der Waals surface area contributed by atoms with Gasteiger partial charge in [-0.15, -0.1) is 0 Å². The van der Waals surface area contributed by atoms with E-state index in [-0.39, 0.29) is 25.7 Å². The summed E-state index contributed by atoms with van der Waals surface area (Å²) in [7, 11) is -1.44. The van der Waals surface area contributed by atoms with Crippen LogP contribution in [0, 0.1) is 0 Å². The summed E-state index contributed by atoms with van der Waals surface area (Å²) in [5.41, 5.74) is 4.43. The number of carbonyl (C=O) groups is 1. The van der Waals surface area contributed by atoms with Gasteiger partial charge in [-0.1, -0.05) is 12.8 Å². The Balaban J connectivity index is 2.51. The normalized spacial score (nSPS) is 21.7. The van der Waals surface area contributed by atoms with Crippen LogP contribution in [0.5, 0.6) is 0 Å². The lowest BCUT2D eigenvalue weighted by Crippen LogP contribution is -2.50. The standard InChI is InChI=1S/C14H26BF3N2O4/c16-14(17,18)10-11-4-3-8-20(11)9-6-13(19,12(21)22)5-1-2-7-15(23)24/h11,23-24H,1-10,19H2,(H,21,22)/t11-,13?/m1/s1. The van der Waals surface area contributed by atoms with Gasteiger partial charge < -0.3 is 20.9 Å². The van der Waals surface area contributed by atoms with E-state index in [2.05, 4.69) is 0 Å². The number of hydrogen-bond acceptors (Lipinski definition) is 5. The van der Waals surface area contributed by atoms with Gasteiger partial charge in [0, 0.05) is 12.6 Å². The second-order valence-electron chi connectivity index (χ2n) is 6.59. The van der Waals surface area contributed by atoms with Crippen LogP contribution in [-0.4, -0.2) is 64.0 Å². The Kier molecular flexibility index (Phi) is 7.98. The predicted octanol–water partition coefficient (Wildman–Crippen LogP) is 1.22. The molecule has 0 aliphatic carbocycles. The predicted molar refractivity (Wildman–Crippen MR) is 83.3 cm³/mol. The summed E-state index contributed by atoms with van der Waals surface area (Å²) in [6.45, 7) is 0.735. The van der Waals surface area contributed by atoms with E-state index in [1.165, 1.54) is 0 Å². The number of carboxylic acid groups (broad SMARTS) is 1. The quantitative estimate of drug-likeness (QED) is 0.347. The minimum atomic E-state index is -4.23. The molecule has 10 heteroatoms. The molecule has 0 aromatic carbocycles. The molecule has 6 nitrogen and oxygen atoms in total. The van der Waals surface area contributed by atoms with Crippen LogP contribution in [0.4, 0.5) is 13.2 Å². The number of halogens is 3. The number of unbranched alkanes of at least 4 members (excludes halogenated alkanes) is 1. The molecule has 1 fully saturated rings. The van der Waals surface area contributed by atoms with E-state index in [0.717, 1.165) is 0 Å². The Morgan fingerprint density at radius 1 is 1.25 bits per heavy atom. The van der Waals surface area contributed by atoms with E-state index in [1.54, 1.807) is 4.90 Å². The van der Waals surface area contributed by atoms with Crippen molar-refractivity contribution in [3.05, 3.63) is 0 Å². The number of nitrogens with two attached hydrogens (primary N) is 1. The van der Waals surface area contributed by atoms with Gasteiger partial charge in [-0.3, -0.25) is 9.69 Å². The molecule has 1 aliphatic heterocycles. The first kappa shape index (κ1) is 21.2. The van der Waals surface area contributed by atoms with E-state index in [0.29, 0.717) is 32.2 Å². The monoisotopic (exact) mass is 354 g/mol. The minimum Gasteiger partial charge on any atom is -0.480 e. The highest BCUT2D eigenvalue weighted by atomic mass is 19.4. The Hall–Kier alpha value is -0.835. The molecule has 1 aliphatic rings. The Morgan fingerprint density at radius 2 is 1.92 bits per heavy atom. The molecule has 5 N–H and O–H groups in total. The highest BCUT2D eigenvalue weighted by Crippen LogP contribution is 2.30. The smallest absolute Gasteiger partial charge is 0.451 e. The zero-order valence-electron chi connectivity index (χ0n) is 13.6. The third kappa shape index (κ3) is 7.37. The second-order valence-corrected chi connectivity index (χ2v) is 6.59. The maximum Gasteiger partial charge on any atom is 0.451 e. The number of nitrogens with zero attached hydrogens (tertiary/aromatic N) is 1. The number of alkyl halides is 3. The fraction of sp³-hybridized carbons (Fsp3) is 0.929. The van der Waals surface area contributed by atoms with Gasteiger partial charge in [-0.05, 0) is 38.5 Å². The van der Waals surface area contributed by atoms with Crippen molar-refractivity contribution in [1.82, 2.24) is 4.90 Å². The van der Waals surface area contributed by atoms with Crippen molar-refractivity contribution >= 4 is 13.1 Å². The maximum absolute atomic E-state index is 12.6. The van der Waals surface area contributed by atoms with Crippen LogP contribution < -0.4 is 5.73 Å². The molecule has 1 unspecified atom stereocenters. The third-order valence-corrected chi connectivity index (χ3v) is 4.57. The van der Waals surface area contributed by atoms with E-state index >= 15 is 0 Å². The van der Waals surface area contributed by atoms with Gasteiger partial charge in [0.15, 0.2) is 0 Å². The molecule has 0 aromatic rings. The molecule has 2 atom stereocenters.